The second-order valence-corrected chi connectivity index (χ2v) is 14.9. The van der Waals surface area contributed by atoms with E-state index in [0.29, 0.717) is 28.1 Å². The summed E-state index contributed by atoms with van der Waals surface area (Å²) in [7, 11) is 0. The second kappa shape index (κ2) is 10.7. The number of aromatic amines is 1. The number of rotatable bonds is 6. The first-order chi connectivity index (χ1) is 21.7. The van der Waals surface area contributed by atoms with Crippen molar-refractivity contribution in [1.29, 1.82) is 0 Å². The number of thioether (sulfide) groups is 1. The van der Waals surface area contributed by atoms with Gasteiger partial charge in [-0.15, -0.1) is 11.8 Å². The number of aromatic nitrogens is 1. The van der Waals surface area contributed by atoms with E-state index in [1.807, 2.05) is 24.3 Å². The number of fused-ring (bicyclic) bond motifs is 9. The summed E-state index contributed by atoms with van der Waals surface area (Å²) in [5, 5.41) is 13.1. The number of nitro groups is 1. The van der Waals surface area contributed by atoms with Gasteiger partial charge in [-0.1, -0.05) is 46.7 Å². The lowest BCUT2D eigenvalue weighted by Gasteiger charge is -2.43. The van der Waals surface area contributed by atoms with Gasteiger partial charge in [-0.3, -0.25) is 29.4 Å². The first-order valence-corrected chi connectivity index (χ1v) is 16.8. The van der Waals surface area contributed by atoms with Crippen LogP contribution in [0, 0.1) is 39.7 Å². The molecule has 4 aromatic rings. The van der Waals surface area contributed by atoms with Gasteiger partial charge in [0, 0.05) is 43.8 Å². The Labute approximate surface area is 274 Å². The molecule has 13 heteroatoms. The Morgan fingerprint density at radius 2 is 1.62 bits per heavy atom. The predicted molar refractivity (Wildman–Crippen MR) is 171 cm³/mol. The highest BCUT2D eigenvalue weighted by Gasteiger charge is 2.69. The maximum absolute atomic E-state index is 14.0. The first-order valence-electron chi connectivity index (χ1n) is 14.4. The lowest BCUT2D eigenvalue weighted by molar-refractivity contribution is -0.384. The third-order valence-corrected chi connectivity index (χ3v) is 12.7. The predicted octanol–water partition coefficient (Wildman–Crippen LogP) is 6.91. The number of nitrogens with zero attached hydrogens (tertiary/aromatic N) is 2. The van der Waals surface area contributed by atoms with Crippen molar-refractivity contribution >= 4 is 69.5 Å². The Bertz CT molecular complexity index is 1950. The number of benzene rings is 3. The van der Waals surface area contributed by atoms with Crippen molar-refractivity contribution in [1.82, 2.24) is 4.98 Å². The van der Waals surface area contributed by atoms with E-state index in [2.05, 4.69) is 4.98 Å². The Kier molecular flexibility index (Phi) is 6.86. The molecule has 3 aromatic carbocycles. The fourth-order valence-electron chi connectivity index (χ4n) is 7.98. The normalized spacial score (nSPS) is 27.8. The average Bonchev–Trinajstić information content (AvgIpc) is 3.76. The molecule has 9 nitrogen and oxygen atoms in total. The lowest BCUT2D eigenvalue weighted by atomic mass is 9.68. The van der Waals surface area contributed by atoms with Gasteiger partial charge in [0.15, 0.2) is 0 Å². The first kappa shape index (κ1) is 28.8. The minimum absolute atomic E-state index is 0.0179. The summed E-state index contributed by atoms with van der Waals surface area (Å²) >= 11 is 15.4. The smallest absolute Gasteiger partial charge is 0.305 e. The molecule has 3 fully saturated rings. The average molecular weight is 681 g/mol. The number of hydrogen-bond donors (Lipinski definition) is 1. The maximum atomic E-state index is 14.0. The zero-order valence-corrected chi connectivity index (χ0v) is 26.4. The molecule has 2 bridgehead atoms. The third-order valence-electron chi connectivity index (χ3n) is 9.66. The van der Waals surface area contributed by atoms with Crippen LogP contribution in [-0.4, -0.2) is 27.0 Å². The summed E-state index contributed by atoms with van der Waals surface area (Å²) in [5.74, 6) is -1.42. The second-order valence-electron chi connectivity index (χ2n) is 11.8. The zero-order valence-electron chi connectivity index (χ0n) is 23.2. The van der Waals surface area contributed by atoms with Crippen molar-refractivity contribution in [3.8, 4) is 5.75 Å². The van der Waals surface area contributed by atoms with Crippen molar-refractivity contribution < 1.29 is 19.2 Å². The molecular formula is C32H23Cl2N3O6S2. The largest absolute Gasteiger partial charge is 0.489 e. The SMILES string of the molecule is O=C1C2C3CC(C2C(=O)N1c1ccc([N+](=O)[O-])cc1)C1C3Sc2[nH]c(=O)sc2[C@@H]1c1cc(Cl)ccc1OCc1ccc(Cl)cc1. The van der Waals surface area contributed by atoms with Gasteiger partial charge in [0.1, 0.15) is 12.4 Å². The highest BCUT2D eigenvalue weighted by Crippen LogP contribution is 2.69. The van der Waals surface area contributed by atoms with E-state index in [0.717, 1.165) is 27.5 Å². The number of halogens is 2. The monoisotopic (exact) mass is 679 g/mol. The van der Waals surface area contributed by atoms with E-state index >= 15 is 0 Å². The number of carbonyl (C=O) groups excluding carboxylic acids is 2. The van der Waals surface area contributed by atoms with Crippen LogP contribution in [0.5, 0.6) is 5.75 Å². The van der Waals surface area contributed by atoms with Gasteiger partial charge < -0.3 is 9.72 Å². The standard InChI is InChI=1S/C32H23Cl2N3O6S2/c33-15-3-1-14(2-4-15)13-43-22-10-5-16(34)11-19(22)23-24-20-12-21(27(24)44-29-28(23)45-32(40)35-29)26-25(20)30(38)36(31(26)39)17-6-8-18(9-7-17)37(41)42/h1-11,20-21,23-27H,12-13H2,(H,35,40)/t20?,21?,23-,24?,25?,26?,27?/m1/s1. The topological polar surface area (TPSA) is 123 Å². The summed E-state index contributed by atoms with van der Waals surface area (Å²) in [6.45, 7) is 0.297. The number of nitro benzene ring substituents is 1. The van der Waals surface area contributed by atoms with Gasteiger partial charge in [-0.05, 0) is 72.2 Å². The minimum atomic E-state index is -0.517. The molecule has 1 N–H and O–H groups in total. The number of thiazole rings is 1. The fraction of sp³-hybridized carbons (Fsp3) is 0.281. The molecule has 45 heavy (non-hydrogen) atoms. The van der Waals surface area contributed by atoms with Crippen LogP contribution in [0.4, 0.5) is 11.4 Å². The number of imide groups is 1. The van der Waals surface area contributed by atoms with Crippen LogP contribution in [0.25, 0.3) is 0 Å². The van der Waals surface area contributed by atoms with Gasteiger partial charge in [0.25, 0.3) is 5.69 Å². The van der Waals surface area contributed by atoms with Crippen LogP contribution < -0.4 is 14.5 Å². The van der Waals surface area contributed by atoms with Crippen LogP contribution in [0.3, 0.4) is 0 Å². The van der Waals surface area contributed by atoms with E-state index in [1.54, 1.807) is 30.0 Å². The molecule has 8 rings (SSSR count). The van der Waals surface area contributed by atoms with E-state index in [-0.39, 0.29) is 51.3 Å². The Balaban J connectivity index is 1.18. The number of carbonyl (C=O) groups is 2. The van der Waals surface area contributed by atoms with Gasteiger partial charge in [0.05, 0.1) is 27.5 Å². The summed E-state index contributed by atoms with van der Waals surface area (Å²) in [6.07, 6.45) is 0.723. The molecule has 6 unspecified atom stereocenters. The third kappa shape index (κ3) is 4.54. The van der Waals surface area contributed by atoms with Crippen molar-refractivity contribution in [3.63, 3.8) is 0 Å². The van der Waals surface area contributed by atoms with Crippen molar-refractivity contribution in [2.45, 2.75) is 29.2 Å². The molecule has 7 atom stereocenters. The zero-order chi connectivity index (χ0) is 31.1. The van der Waals surface area contributed by atoms with Gasteiger partial charge in [-0.25, -0.2) is 0 Å². The van der Waals surface area contributed by atoms with E-state index in [9.17, 15) is 24.5 Å². The van der Waals surface area contributed by atoms with Crippen LogP contribution in [0.15, 0.2) is 76.6 Å². The van der Waals surface area contributed by atoms with Gasteiger partial charge >= 0.3 is 4.87 Å². The molecule has 0 spiro atoms. The highest BCUT2D eigenvalue weighted by atomic mass is 35.5. The Hall–Kier alpha value is -3.64. The number of ether oxygens (including phenoxy) is 1. The molecular weight excluding hydrogens is 657 g/mol. The molecule has 3 heterocycles. The molecule has 2 saturated carbocycles. The highest BCUT2D eigenvalue weighted by molar-refractivity contribution is 8.00. The Morgan fingerprint density at radius 3 is 2.33 bits per heavy atom. The number of non-ortho nitro benzene ring substituents is 1. The van der Waals surface area contributed by atoms with Gasteiger partial charge in [0.2, 0.25) is 11.8 Å². The lowest BCUT2D eigenvalue weighted by Crippen LogP contribution is -2.42. The molecule has 228 valence electrons. The van der Waals surface area contributed by atoms with Crippen molar-refractivity contribution in [2.75, 3.05) is 4.90 Å². The van der Waals surface area contributed by atoms with E-state index in [4.69, 9.17) is 27.9 Å². The van der Waals surface area contributed by atoms with Crippen LogP contribution in [0.1, 0.15) is 28.3 Å². The Morgan fingerprint density at radius 1 is 0.933 bits per heavy atom. The molecule has 2 aliphatic carbocycles. The number of H-pyrrole nitrogens is 1. The number of nitrogens with one attached hydrogen (secondary N) is 1. The number of hydrogen-bond acceptors (Lipinski definition) is 8. The molecule has 0 radical (unpaired) electrons. The van der Waals surface area contributed by atoms with E-state index < -0.39 is 16.8 Å². The molecule has 4 aliphatic rings. The summed E-state index contributed by atoms with van der Waals surface area (Å²) < 4.78 is 6.38. The molecule has 1 aromatic heterocycles. The van der Waals surface area contributed by atoms with Crippen LogP contribution in [-0.2, 0) is 16.2 Å². The molecule has 2 aliphatic heterocycles. The fourth-order valence-corrected chi connectivity index (χ4v) is 11.2. The van der Waals surface area contributed by atoms with E-state index in [1.165, 1.54) is 40.5 Å². The van der Waals surface area contributed by atoms with Crippen LogP contribution >= 0.6 is 46.3 Å². The quantitative estimate of drug-likeness (QED) is 0.133. The number of amides is 2. The minimum Gasteiger partial charge on any atom is -0.489 e. The summed E-state index contributed by atoms with van der Waals surface area (Å²) in [6, 6.07) is 18.5. The molecule has 1 saturated heterocycles. The van der Waals surface area contributed by atoms with Gasteiger partial charge in [-0.2, -0.15) is 0 Å². The molecule has 2 amide bonds. The van der Waals surface area contributed by atoms with Crippen molar-refractivity contribution in [3.05, 3.63) is 113 Å². The summed E-state index contributed by atoms with van der Waals surface area (Å²) in [4.78, 5) is 56.3. The van der Waals surface area contributed by atoms with Crippen LogP contribution in [0.2, 0.25) is 10.0 Å². The number of anilines is 1. The maximum Gasteiger partial charge on any atom is 0.305 e. The summed E-state index contributed by atoms with van der Waals surface area (Å²) in [5.41, 5.74) is 2.01. The van der Waals surface area contributed by atoms with Crippen molar-refractivity contribution in [2.24, 2.45) is 29.6 Å².